The zero-order valence-electron chi connectivity index (χ0n) is 16.2. The fraction of sp³-hybridized carbons (Fsp3) is 0.368. The van der Waals surface area contributed by atoms with Gasteiger partial charge in [0.1, 0.15) is 23.5 Å². The van der Waals surface area contributed by atoms with E-state index in [4.69, 9.17) is 21.1 Å². The molecule has 1 unspecified atom stereocenters. The summed E-state index contributed by atoms with van der Waals surface area (Å²) in [5, 5.41) is 3.22. The van der Waals surface area contributed by atoms with Gasteiger partial charge in [-0.2, -0.15) is 4.31 Å². The Morgan fingerprint density at radius 2 is 1.94 bits per heavy atom. The van der Waals surface area contributed by atoms with Gasteiger partial charge in [0.15, 0.2) is 16.6 Å². The second-order valence-electron chi connectivity index (χ2n) is 7.16. The van der Waals surface area contributed by atoms with E-state index in [1.165, 1.54) is 21.7 Å². The third kappa shape index (κ3) is 4.00. The number of aromatic nitrogens is 1. The summed E-state index contributed by atoms with van der Waals surface area (Å²) in [6.45, 7) is 1.26. The Morgan fingerprint density at radius 1 is 1.16 bits per heavy atom. The van der Waals surface area contributed by atoms with E-state index in [0.717, 1.165) is 22.5 Å². The highest BCUT2D eigenvalue weighted by Crippen LogP contribution is 2.38. The largest absolute Gasteiger partial charge is 0.486 e. The first-order valence-corrected chi connectivity index (χ1v) is 13.2. The fourth-order valence-corrected chi connectivity index (χ4v) is 7.86. The van der Waals surface area contributed by atoms with Crippen LogP contribution in [0.3, 0.4) is 0 Å². The zero-order valence-corrected chi connectivity index (χ0v) is 19.4. The summed E-state index contributed by atoms with van der Waals surface area (Å²) in [6, 6.07) is 5.85. The van der Waals surface area contributed by atoms with Crippen LogP contribution in [0, 0.1) is 0 Å². The van der Waals surface area contributed by atoms with E-state index in [1.54, 1.807) is 12.1 Å². The average Bonchev–Trinajstić information content (AvgIpc) is 3.37. The van der Waals surface area contributed by atoms with Crippen molar-refractivity contribution in [2.75, 3.05) is 25.1 Å². The minimum absolute atomic E-state index is 0.141. The van der Waals surface area contributed by atoms with Crippen molar-refractivity contribution in [1.82, 2.24) is 9.29 Å². The first-order chi connectivity index (χ1) is 14.9. The standard InChI is InChI=1S/C19H18ClN3O5S3/c20-16-4-5-17(30-16)31(25,26)23-6-2-1-3-12(23)18(24)22-19-21-11-9-13-14(10-15(11)29-19)28-8-7-27-13/h4-5,9-10,12H,1-3,6-8H2,(H,21,22,24). The van der Waals surface area contributed by atoms with Crippen molar-refractivity contribution >= 4 is 65.6 Å². The van der Waals surface area contributed by atoms with Crippen LogP contribution in [-0.2, 0) is 14.8 Å². The molecule has 3 aromatic rings. The Labute approximate surface area is 191 Å². The van der Waals surface area contributed by atoms with Gasteiger partial charge in [0, 0.05) is 18.7 Å². The molecule has 4 heterocycles. The number of amides is 1. The molecule has 0 aliphatic carbocycles. The monoisotopic (exact) mass is 499 g/mol. The topological polar surface area (TPSA) is 97.8 Å². The molecule has 1 saturated heterocycles. The van der Waals surface area contributed by atoms with Gasteiger partial charge in [-0.05, 0) is 25.0 Å². The van der Waals surface area contributed by atoms with Gasteiger partial charge in [-0.25, -0.2) is 13.4 Å². The molecule has 1 fully saturated rings. The molecule has 1 amide bonds. The first-order valence-electron chi connectivity index (χ1n) is 9.70. The summed E-state index contributed by atoms with van der Waals surface area (Å²) in [4.78, 5) is 17.5. The van der Waals surface area contributed by atoms with Crippen molar-refractivity contribution in [2.24, 2.45) is 0 Å². The van der Waals surface area contributed by atoms with Crippen molar-refractivity contribution in [3.05, 3.63) is 28.6 Å². The van der Waals surface area contributed by atoms with Gasteiger partial charge in [0.25, 0.3) is 10.0 Å². The molecule has 31 heavy (non-hydrogen) atoms. The number of halogens is 1. The van der Waals surface area contributed by atoms with E-state index < -0.39 is 16.1 Å². The van der Waals surface area contributed by atoms with Crippen LogP contribution in [-0.4, -0.2) is 49.4 Å². The van der Waals surface area contributed by atoms with Crippen LogP contribution < -0.4 is 14.8 Å². The van der Waals surface area contributed by atoms with E-state index in [0.29, 0.717) is 52.5 Å². The number of thiazole rings is 1. The van der Waals surface area contributed by atoms with Gasteiger partial charge in [-0.15, -0.1) is 11.3 Å². The third-order valence-electron chi connectivity index (χ3n) is 5.15. The lowest BCUT2D eigenvalue weighted by atomic mass is 10.0. The first kappa shape index (κ1) is 21.0. The summed E-state index contributed by atoms with van der Waals surface area (Å²) < 4.78 is 40.1. The molecule has 8 nitrogen and oxygen atoms in total. The number of sulfonamides is 1. The van der Waals surface area contributed by atoms with Crippen molar-refractivity contribution in [2.45, 2.75) is 29.5 Å². The molecule has 2 aromatic heterocycles. The van der Waals surface area contributed by atoms with Gasteiger partial charge in [-0.1, -0.05) is 29.4 Å². The number of rotatable bonds is 4. The molecule has 1 N–H and O–H groups in total. The highest BCUT2D eigenvalue weighted by atomic mass is 35.5. The fourth-order valence-electron chi connectivity index (χ4n) is 3.71. The average molecular weight is 500 g/mol. The number of benzene rings is 1. The minimum atomic E-state index is -3.81. The van der Waals surface area contributed by atoms with Gasteiger partial charge >= 0.3 is 0 Å². The van der Waals surface area contributed by atoms with E-state index in [2.05, 4.69) is 10.3 Å². The maximum absolute atomic E-state index is 13.1. The lowest BCUT2D eigenvalue weighted by Gasteiger charge is -2.32. The molecule has 12 heteroatoms. The maximum Gasteiger partial charge on any atom is 0.253 e. The van der Waals surface area contributed by atoms with Crippen LogP contribution in [0.2, 0.25) is 4.34 Å². The van der Waals surface area contributed by atoms with Crippen LogP contribution in [0.1, 0.15) is 19.3 Å². The van der Waals surface area contributed by atoms with Crippen LogP contribution in [0.15, 0.2) is 28.5 Å². The van der Waals surface area contributed by atoms with E-state index in [-0.39, 0.29) is 16.7 Å². The van der Waals surface area contributed by atoms with Crippen LogP contribution >= 0.6 is 34.3 Å². The van der Waals surface area contributed by atoms with Gasteiger partial charge < -0.3 is 14.8 Å². The van der Waals surface area contributed by atoms with Crippen LogP contribution in [0.4, 0.5) is 5.13 Å². The van der Waals surface area contributed by atoms with Crippen molar-refractivity contribution in [1.29, 1.82) is 0 Å². The predicted octanol–water partition coefficient (Wildman–Crippen LogP) is 3.96. The smallest absolute Gasteiger partial charge is 0.253 e. The summed E-state index contributed by atoms with van der Waals surface area (Å²) in [7, 11) is -3.81. The number of hydrogen-bond acceptors (Lipinski definition) is 8. The Kier molecular flexibility index (Phi) is 5.55. The molecule has 0 spiro atoms. The Balaban J connectivity index is 1.39. The highest BCUT2D eigenvalue weighted by Gasteiger charge is 2.38. The Morgan fingerprint density at radius 3 is 2.68 bits per heavy atom. The van der Waals surface area contributed by atoms with Crippen molar-refractivity contribution < 1.29 is 22.7 Å². The second-order valence-corrected chi connectivity index (χ2v) is 12.0. The minimum Gasteiger partial charge on any atom is -0.486 e. The molecular formula is C19H18ClN3O5S3. The number of fused-ring (bicyclic) bond motifs is 2. The molecule has 1 aromatic carbocycles. The molecule has 2 aliphatic heterocycles. The van der Waals surface area contributed by atoms with E-state index in [1.807, 2.05) is 6.07 Å². The SMILES string of the molecule is O=C(Nc1nc2cc3c(cc2s1)OCCO3)C1CCCCN1S(=O)(=O)c1ccc(Cl)s1. The molecule has 5 rings (SSSR count). The molecule has 164 valence electrons. The number of thiophene rings is 1. The second kappa shape index (κ2) is 8.21. The van der Waals surface area contributed by atoms with Gasteiger partial charge in [0.05, 0.1) is 14.6 Å². The van der Waals surface area contributed by atoms with Crippen LogP contribution in [0.5, 0.6) is 11.5 Å². The number of anilines is 1. The Bertz CT molecular complexity index is 1210. The molecule has 0 radical (unpaired) electrons. The van der Waals surface area contributed by atoms with E-state index >= 15 is 0 Å². The van der Waals surface area contributed by atoms with Crippen molar-refractivity contribution in [3.8, 4) is 11.5 Å². The lowest BCUT2D eigenvalue weighted by Crippen LogP contribution is -2.49. The van der Waals surface area contributed by atoms with Crippen molar-refractivity contribution in [3.63, 3.8) is 0 Å². The van der Waals surface area contributed by atoms with Gasteiger partial charge in [-0.3, -0.25) is 4.79 Å². The number of piperidine rings is 1. The number of carbonyl (C=O) groups is 1. The highest BCUT2D eigenvalue weighted by molar-refractivity contribution is 7.91. The van der Waals surface area contributed by atoms with Gasteiger partial charge in [0.2, 0.25) is 5.91 Å². The normalized spacial score (nSPS) is 19.5. The van der Waals surface area contributed by atoms with Crippen LogP contribution in [0.25, 0.3) is 10.2 Å². The quantitative estimate of drug-likeness (QED) is 0.583. The molecule has 0 saturated carbocycles. The summed E-state index contributed by atoms with van der Waals surface area (Å²) in [5.74, 6) is 0.891. The molecule has 0 bridgehead atoms. The maximum atomic E-state index is 13.1. The summed E-state index contributed by atoms with van der Waals surface area (Å²) >= 11 is 8.23. The number of carbonyl (C=O) groups excluding carboxylic acids is 1. The zero-order chi connectivity index (χ0) is 21.6. The summed E-state index contributed by atoms with van der Waals surface area (Å²) in [6.07, 6.45) is 1.93. The number of ether oxygens (including phenoxy) is 2. The lowest BCUT2D eigenvalue weighted by molar-refractivity contribution is -0.120. The molecule has 2 aliphatic rings. The number of nitrogens with one attached hydrogen (secondary N) is 1. The number of hydrogen-bond donors (Lipinski definition) is 1. The molecular weight excluding hydrogens is 482 g/mol. The summed E-state index contributed by atoms with van der Waals surface area (Å²) in [5.41, 5.74) is 0.686. The Hall–Kier alpha value is -1.92. The predicted molar refractivity (Wildman–Crippen MR) is 120 cm³/mol. The third-order valence-corrected chi connectivity index (χ3v) is 9.69. The number of nitrogens with zero attached hydrogens (tertiary/aromatic N) is 2. The van der Waals surface area contributed by atoms with E-state index in [9.17, 15) is 13.2 Å². The molecule has 1 atom stereocenters.